The summed E-state index contributed by atoms with van der Waals surface area (Å²) >= 11 is 0. The van der Waals surface area contributed by atoms with Crippen LogP contribution in [-0.4, -0.2) is 27.8 Å². The van der Waals surface area contributed by atoms with Crippen molar-refractivity contribution in [1.29, 1.82) is 0 Å². The van der Waals surface area contributed by atoms with E-state index in [2.05, 4.69) is 36.0 Å². The van der Waals surface area contributed by atoms with Gasteiger partial charge in [0.15, 0.2) is 5.82 Å². The van der Waals surface area contributed by atoms with Crippen molar-refractivity contribution in [1.82, 2.24) is 15.2 Å². The van der Waals surface area contributed by atoms with Crippen LogP contribution < -0.4 is 0 Å². The van der Waals surface area contributed by atoms with E-state index in [0.29, 0.717) is 30.2 Å². The molecule has 1 N–H and O–H groups in total. The molecule has 23 heavy (non-hydrogen) atoms. The molecule has 2 atom stereocenters. The van der Waals surface area contributed by atoms with Crippen molar-refractivity contribution >= 4 is 5.97 Å². The predicted octanol–water partition coefficient (Wildman–Crippen LogP) is 3.51. The van der Waals surface area contributed by atoms with Gasteiger partial charge in [0.1, 0.15) is 11.2 Å². The van der Waals surface area contributed by atoms with Gasteiger partial charge in [-0.3, -0.25) is 9.89 Å². The molecule has 0 spiro atoms. The van der Waals surface area contributed by atoms with Crippen LogP contribution >= 0.6 is 0 Å². The number of aromatic amines is 1. The Kier molecular flexibility index (Phi) is 5.48. The van der Waals surface area contributed by atoms with E-state index in [1.54, 1.807) is 0 Å². The number of rotatable bonds is 5. The lowest BCUT2D eigenvalue weighted by Crippen LogP contribution is -2.32. The number of nitrogens with one attached hydrogen (secondary N) is 1. The summed E-state index contributed by atoms with van der Waals surface area (Å²) in [6.45, 7) is 12.8. The maximum Gasteiger partial charge on any atom is 0.319 e. The Hall–Kier alpha value is -1.39. The molecular weight excluding hydrogens is 290 g/mol. The van der Waals surface area contributed by atoms with Gasteiger partial charge in [0, 0.05) is 6.42 Å². The first-order valence-corrected chi connectivity index (χ1v) is 8.84. The first-order chi connectivity index (χ1) is 10.8. The Balaban J connectivity index is 2.09. The monoisotopic (exact) mass is 321 g/mol. The van der Waals surface area contributed by atoms with Crippen molar-refractivity contribution in [2.45, 2.75) is 66.2 Å². The molecule has 1 aliphatic carbocycles. The lowest BCUT2D eigenvalue weighted by molar-refractivity contribution is -0.149. The average molecular weight is 321 g/mol. The fourth-order valence-electron chi connectivity index (χ4n) is 3.97. The number of hydrogen-bond acceptors (Lipinski definition) is 4. The molecule has 1 aromatic rings. The second-order valence-electron chi connectivity index (χ2n) is 7.85. The Bertz CT molecular complexity index is 526. The van der Waals surface area contributed by atoms with Crippen LogP contribution in [0.1, 0.15) is 66.0 Å². The minimum absolute atomic E-state index is 0.279. The summed E-state index contributed by atoms with van der Waals surface area (Å²) in [5.41, 5.74) is -0.816. The van der Waals surface area contributed by atoms with Gasteiger partial charge in [0.2, 0.25) is 0 Å². The third kappa shape index (κ3) is 3.93. The fraction of sp³-hybridized carbons (Fsp3) is 0.833. The predicted molar refractivity (Wildman–Crippen MR) is 90.0 cm³/mol. The molecule has 2 rings (SSSR count). The quantitative estimate of drug-likeness (QED) is 0.843. The molecule has 5 heteroatoms. The van der Waals surface area contributed by atoms with E-state index in [9.17, 15) is 4.79 Å². The molecule has 1 aliphatic rings. The number of esters is 1. The van der Waals surface area contributed by atoms with Gasteiger partial charge in [-0.1, -0.05) is 20.8 Å². The van der Waals surface area contributed by atoms with Gasteiger partial charge >= 0.3 is 5.97 Å². The topological polar surface area (TPSA) is 67.9 Å². The van der Waals surface area contributed by atoms with Crippen molar-refractivity contribution < 1.29 is 9.53 Å². The van der Waals surface area contributed by atoms with Gasteiger partial charge < -0.3 is 4.74 Å². The maximum absolute atomic E-state index is 12.1. The minimum Gasteiger partial charge on any atom is -0.465 e. The molecule has 1 heterocycles. The lowest BCUT2D eigenvalue weighted by Gasteiger charge is -2.37. The third-order valence-electron chi connectivity index (χ3n) is 5.32. The van der Waals surface area contributed by atoms with Crippen molar-refractivity contribution in [2.75, 3.05) is 6.61 Å². The van der Waals surface area contributed by atoms with E-state index in [0.717, 1.165) is 18.2 Å². The highest BCUT2D eigenvalue weighted by Gasteiger charge is 2.37. The van der Waals surface area contributed by atoms with Crippen molar-refractivity contribution in [2.24, 2.45) is 23.7 Å². The van der Waals surface area contributed by atoms with Gasteiger partial charge in [0.05, 0.1) is 6.61 Å². The zero-order chi connectivity index (χ0) is 17.2. The minimum atomic E-state index is -0.816. The first kappa shape index (κ1) is 18.0. The third-order valence-corrected chi connectivity index (χ3v) is 5.32. The summed E-state index contributed by atoms with van der Waals surface area (Å²) in [6, 6.07) is 0. The summed E-state index contributed by atoms with van der Waals surface area (Å²) in [5, 5.41) is 7.32. The number of hydrogen-bond donors (Lipinski definition) is 1. The van der Waals surface area contributed by atoms with E-state index < -0.39 is 5.41 Å². The van der Waals surface area contributed by atoms with Crippen LogP contribution in [-0.2, 0) is 21.4 Å². The number of carbonyl (C=O) groups is 1. The van der Waals surface area contributed by atoms with Crippen LogP contribution in [0.25, 0.3) is 0 Å². The molecule has 0 bridgehead atoms. The summed E-state index contributed by atoms with van der Waals surface area (Å²) < 4.78 is 5.13. The maximum atomic E-state index is 12.1. The smallest absolute Gasteiger partial charge is 0.319 e. The van der Waals surface area contributed by atoms with Gasteiger partial charge in [-0.15, -0.1) is 0 Å². The SMILES string of the molecule is CCOC(=O)C(C)(C)c1n[nH]c(CC2C(C)CC(C)CC2C)n1. The Morgan fingerprint density at radius 1 is 1.26 bits per heavy atom. The van der Waals surface area contributed by atoms with E-state index >= 15 is 0 Å². The van der Waals surface area contributed by atoms with Crippen LogP contribution in [0.2, 0.25) is 0 Å². The molecule has 0 amide bonds. The highest BCUT2D eigenvalue weighted by atomic mass is 16.5. The normalized spacial score (nSPS) is 28.6. The number of H-pyrrole nitrogens is 1. The molecule has 1 aromatic heterocycles. The summed E-state index contributed by atoms with van der Waals surface area (Å²) in [7, 11) is 0. The van der Waals surface area contributed by atoms with Crippen LogP contribution in [0.3, 0.4) is 0 Å². The summed E-state index contributed by atoms with van der Waals surface area (Å²) in [6.07, 6.45) is 3.47. The van der Waals surface area contributed by atoms with Gasteiger partial charge in [-0.05, 0) is 57.3 Å². The Morgan fingerprint density at radius 2 is 1.87 bits per heavy atom. The molecule has 0 saturated heterocycles. The van der Waals surface area contributed by atoms with Crippen LogP contribution in [0.5, 0.6) is 0 Å². The van der Waals surface area contributed by atoms with Crippen molar-refractivity contribution in [3.63, 3.8) is 0 Å². The first-order valence-electron chi connectivity index (χ1n) is 8.84. The van der Waals surface area contributed by atoms with E-state index in [1.807, 2.05) is 20.8 Å². The molecule has 1 fully saturated rings. The van der Waals surface area contributed by atoms with E-state index in [-0.39, 0.29) is 5.97 Å². The van der Waals surface area contributed by atoms with Crippen molar-refractivity contribution in [3.8, 4) is 0 Å². The number of ether oxygens (including phenoxy) is 1. The zero-order valence-electron chi connectivity index (χ0n) is 15.3. The molecule has 0 radical (unpaired) electrons. The second-order valence-corrected chi connectivity index (χ2v) is 7.85. The standard InChI is InChI=1S/C18H31N3O2/c1-7-23-17(22)18(5,6)16-19-15(20-21-16)10-14-12(3)8-11(2)9-13(14)4/h11-14H,7-10H2,1-6H3,(H,19,20,21). The molecule has 0 aromatic carbocycles. The second kappa shape index (κ2) is 7.02. The Morgan fingerprint density at radius 3 is 2.43 bits per heavy atom. The summed E-state index contributed by atoms with van der Waals surface area (Å²) in [4.78, 5) is 16.7. The average Bonchev–Trinajstić information content (AvgIpc) is 2.92. The molecule has 130 valence electrons. The summed E-state index contributed by atoms with van der Waals surface area (Å²) in [5.74, 6) is 3.95. The molecule has 5 nitrogen and oxygen atoms in total. The van der Waals surface area contributed by atoms with Crippen LogP contribution in [0.4, 0.5) is 0 Å². The van der Waals surface area contributed by atoms with Gasteiger partial charge in [-0.25, -0.2) is 4.98 Å². The van der Waals surface area contributed by atoms with Crippen molar-refractivity contribution in [3.05, 3.63) is 11.6 Å². The Labute approximate surface area is 139 Å². The molecule has 0 aliphatic heterocycles. The number of carbonyl (C=O) groups excluding carboxylic acids is 1. The van der Waals surface area contributed by atoms with E-state index in [1.165, 1.54) is 12.8 Å². The largest absolute Gasteiger partial charge is 0.465 e. The molecule has 2 unspecified atom stereocenters. The number of nitrogens with zero attached hydrogens (tertiary/aromatic N) is 2. The van der Waals surface area contributed by atoms with Gasteiger partial charge in [-0.2, -0.15) is 5.10 Å². The molecular formula is C18H31N3O2. The number of aromatic nitrogens is 3. The van der Waals surface area contributed by atoms with E-state index in [4.69, 9.17) is 4.74 Å². The fourth-order valence-corrected chi connectivity index (χ4v) is 3.97. The zero-order valence-corrected chi connectivity index (χ0v) is 15.3. The highest BCUT2D eigenvalue weighted by Crippen LogP contribution is 2.39. The lowest BCUT2D eigenvalue weighted by atomic mass is 9.68. The van der Waals surface area contributed by atoms with Crippen LogP contribution in [0.15, 0.2) is 0 Å². The highest BCUT2D eigenvalue weighted by molar-refractivity contribution is 5.80. The molecule has 1 saturated carbocycles. The van der Waals surface area contributed by atoms with Gasteiger partial charge in [0.25, 0.3) is 0 Å². The van der Waals surface area contributed by atoms with Crippen LogP contribution in [0, 0.1) is 23.7 Å².